The summed E-state index contributed by atoms with van der Waals surface area (Å²) in [5, 5.41) is 2.65. The molecule has 0 radical (unpaired) electrons. The first-order valence-corrected chi connectivity index (χ1v) is 5.52. The second-order valence-electron chi connectivity index (χ2n) is 2.94. The number of nitrogens with two attached hydrogens (primary N) is 1. The third-order valence-electron chi connectivity index (χ3n) is 1.29. The largest absolute Gasteiger partial charge is 0.351 e. The van der Waals surface area contributed by atoms with E-state index in [0.717, 1.165) is 0 Å². The van der Waals surface area contributed by atoms with Crippen molar-refractivity contribution in [3.63, 3.8) is 0 Å². The maximum atomic E-state index is 11.0. The Morgan fingerprint density at radius 3 is 2.42 bits per heavy atom. The van der Waals surface area contributed by atoms with Crippen LogP contribution < -0.4 is 11.1 Å². The summed E-state index contributed by atoms with van der Waals surface area (Å²) in [5.74, 6) is 0.270. The molecule has 1 amide bonds. The predicted octanol–water partition coefficient (Wildman–Crippen LogP) is -0.783. The van der Waals surface area contributed by atoms with Crippen LogP contribution in [-0.2, 0) is 15.6 Å². The van der Waals surface area contributed by atoms with Crippen molar-refractivity contribution in [2.45, 2.75) is 25.9 Å². The molecule has 0 rings (SSSR count). The summed E-state index contributed by atoms with van der Waals surface area (Å²) in [6.07, 6.45) is 1.61. The van der Waals surface area contributed by atoms with Gasteiger partial charge >= 0.3 is 0 Å². The van der Waals surface area contributed by atoms with Crippen molar-refractivity contribution in [1.29, 1.82) is 0 Å². The van der Waals surface area contributed by atoms with Gasteiger partial charge in [0.1, 0.15) is 0 Å². The monoisotopic (exact) mass is 192 g/mol. The van der Waals surface area contributed by atoms with Crippen LogP contribution >= 0.6 is 0 Å². The minimum absolute atomic E-state index is 0.0747. The van der Waals surface area contributed by atoms with Gasteiger partial charge in [-0.1, -0.05) is 0 Å². The number of hydrogen-bond donors (Lipinski definition) is 2. The molecule has 0 aromatic rings. The van der Waals surface area contributed by atoms with Gasteiger partial charge in [-0.15, -0.1) is 0 Å². The predicted molar refractivity (Wildman–Crippen MR) is 50.2 cm³/mol. The molecule has 3 atom stereocenters. The standard InChI is InChI=1S/C7H16N2O2S/c1-5(4-12(3)11)9-7(10)6(2)8/h5-6H,4,8H2,1-3H3,(H,9,10)/t5?,6-,12?/m1/s1. The first-order chi connectivity index (χ1) is 5.43. The van der Waals surface area contributed by atoms with Crippen LogP contribution in [0.5, 0.6) is 0 Å². The first kappa shape index (κ1) is 11.6. The van der Waals surface area contributed by atoms with E-state index in [4.69, 9.17) is 5.73 Å². The van der Waals surface area contributed by atoms with Crippen molar-refractivity contribution in [2.24, 2.45) is 5.73 Å². The second-order valence-corrected chi connectivity index (χ2v) is 4.42. The minimum atomic E-state index is -0.881. The highest BCUT2D eigenvalue weighted by molar-refractivity contribution is 7.84. The number of nitrogens with one attached hydrogen (secondary N) is 1. The van der Waals surface area contributed by atoms with E-state index < -0.39 is 16.8 Å². The smallest absolute Gasteiger partial charge is 0.236 e. The van der Waals surface area contributed by atoms with Crippen LogP contribution in [0.3, 0.4) is 0 Å². The van der Waals surface area contributed by atoms with Crippen molar-refractivity contribution in [2.75, 3.05) is 12.0 Å². The van der Waals surface area contributed by atoms with Crippen molar-refractivity contribution in [3.8, 4) is 0 Å². The molecule has 0 aromatic heterocycles. The highest BCUT2D eigenvalue weighted by atomic mass is 32.2. The normalized spacial score (nSPS) is 18.0. The molecule has 0 saturated heterocycles. The fourth-order valence-electron chi connectivity index (χ4n) is 0.768. The number of carbonyl (C=O) groups is 1. The van der Waals surface area contributed by atoms with Crippen LogP contribution in [0.25, 0.3) is 0 Å². The maximum absolute atomic E-state index is 11.0. The van der Waals surface area contributed by atoms with Crippen molar-refractivity contribution >= 4 is 16.7 Å². The van der Waals surface area contributed by atoms with Crippen LogP contribution in [-0.4, -0.2) is 34.2 Å². The molecule has 0 spiro atoms. The van der Waals surface area contributed by atoms with Gasteiger partial charge in [-0.3, -0.25) is 9.00 Å². The van der Waals surface area contributed by atoms with Crippen LogP contribution in [0, 0.1) is 0 Å². The lowest BCUT2D eigenvalue weighted by atomic mass is 10.3. The number of rotatable bonds is 4. The van der Waals surface area contributed by atoms with E-state index in [1.54, 1.807) is 13.2 Å². The molecule has 12 heavy (non-hydrogen) atoms. The third kappa shape index (κ3) is 5.26. The average Bonchev–Trinajstić information content (AvgIpc) is 1.84. The molecule has 0 aromatic carbocycles. The van der Waals surface area contributed by atoms with Gasteiger partial charge in [-0.05, 0) is 13.8 Å². The highest BCUT2D eigenvalue weighted by Gasteiger charge is 2.11. The molecule has 3 N–H and O–H groups in total. The Morgan fingerprint density at radius 2 is 2.08 bits per heavy atom. The number of hydrogen-bond acceptors (Lipinski definition) is 3. The zero-order valence-electron chi connectivity index (χ0n) is 7.66. The van der Waals surface area contributed by atoms with E-state index in [9.17, 15) is 9.00 Å². The molecule has 5 heteroatoms. The summed E-state index contributed by atoms with van der Waals surface area (Å²) < 4.78 is 10.7. The Bertz CT molecular complexity index is 182. The van der Waals surface area contributed by atoms with E-state index in [-0.39, 0.29) is 11.9 Å². The minimum Gasteiger partial charge on any atom is -0.351 e. The lowest BCUT2D eigenvalue weighted by Gasteiger charge is -2.13. The summed E-state index contributed by atoms with van der Waals surface area (Å²) in [5.41, 5.74) is 5.33. The fraction of sp³-hybridized carbons (Fsp3) is 0.857. The van der Waals surface area contributed by atoms with Crippen LogP contribution in [0.1, 0.15) is 13.8 Å². The van der Waals surface area contributed by atoms with Crippen molar-refractivity contribution in [3.05, 3.63) is 0 Å². The van der Waals surface area contributed by atoms with Gasteiger partial charge in [-0.2, -0.15) is 0 Å². The number of amides is 1. The van der Waals surface area contributed by atoms with E-state index in [2.05, 4.69) is 5.32 Å². The SMILES string of the molecule is CC(CS(C)=O)NC(=O)[C@@H](C)N. The molecular formula is C7H16N2O2S. The van der Waals surface area contributed by atoms with E-state index >= 15 is 0 Å². The van der Waals surface area contributed by atoms with Crippen LogP contribution in [0.2, 0.25) is 0 Å². The lowest BCUT2D eigenvalue weighted by Crippen LogP contribution is -2.44. The summed E-state index contributed by atoms with van der Waals surface area (Å²) in [7, 11) is -0.881. The fourth-order valence-corrected chi connectivity index (χ4v) is 1.56. The molecule has 0 aliphatic carbocycles. The Kier molecular flexibility index (Phi) is 5.08. The maximum Gasteiger partial charge on any atom is 0.236 e. The van der Waals surface area contributed by atoms with E-state index in [1.807, 2.05) is 6.92 Å². The average molecular weight is 192 g/mol. The van der Waals surface area contributed by atoms with Gasteiger partial charge in [-0.25, -0.2) is 0 Å². The summed E-state index contributed by atoms with van der Waals surface area (Å²) in [6, 6.07) is -0.577. The summed E-state index contributed by atoms with van der Waals surface area (Å²) in [6.45, 7) is 3.42. The molecule has 4 nitrogen and oxygen atoms in total. The van der Waals surface area contributed by atoms with Gasteiger partial charge in [0, 0.05) is 28.9 Å². The molecule has 0 aliphatic rings. The molecule has 0 aliphatic heterocycles. The lowest BCUT2D eigenvalue weighted by molar-refractivity contribution is -0.122. The van der Waals surface area contributed by atoms with Gasteiger partial charge in [0.05, 0.1) is 6.04 Å². The molecule has 2 unspecified atom stereocenters. The van der Waals surface area contributed by atoms with Gasteiger partial charge < -0.3 is 11.1 Å². The Labute approximate surface area is 75.4 Å². The zero-order valence-corrected chi connectivity index (χ0v) is 8.48. The molecule has 0 fully saturated rings. The summed E-state index contributed by atoms with van der Waals surface area (Å²) in [4.78, 5) is 11.0. The molecule has 0 bridgehead atoms. The zero-order chi connectivity index (χ0) is 9.72. The summed E-state index contributed by atoms with van der Waals surface area (Å²) >= 11 is 0. The second kappa shape index (κ2) is 5.27. The third-order valence-corrected chi connectivity index (χ3v) is 2.26. The van der Waals surface area contributed by atoms with Crippen molar-refractivity contribution < 1.29 is 9.00 Å². The molecule has 72 valence electrons. The quantitative estimate of drug-likeness (QED) is 0.613. The molecule has 0 heterocycles. The molecule has 0 saturated carbocycles. The highest BCUT2D eigenvalue weighted by Crippen LogP contribution is 1.86. The number of carbonyl (C=O) groups excluding carboxylic acids is 1. The van der Waals surface area contributed by atoms with Crippen LogP contribution in [0.4, 0.5) is 0 Å². The van der Waals surface area contributed by atoms with Crippen molar-refractivity contribution in [1.82, 2.24) is 5.32 Å². The Hall–Kier alpha value is -0.420. The van der Waals surface area contributed by atoms with E-state index in [1.165, 1.54) is 0 Å². The van der Waals surface area contributed by atoms with Gasteiger partial charge in [0.2, 0.25) is 5.91 Å². The van der Waals surface area contributed by atoms with Gasteiger partial charge in [0.15, 0.2) is 0 Å². The first-order valence-electron chi connectivity index (χ1n) is 3.79. The topological polar surface area (TPSA) is 72.2 Å². The van der Waals surface area contributed by atoms with Gasteiger partial charge in [0.25, 0.3) is 0 Å². The molecular weight excluding hydrogens is 176 g/mol. The Morgan fingerprint density at radius 1 is 1.58 bits per heavy atom. The van der Waals surface area contributed by atoms with Crippen LogP contribution in [0.15, 0.2) is 0 Å². The van der Waals surface area contributed by atoms with E-state index in [0.29, 0.717) is 5.75 Å². The Balaban J connectivity index is 3.76.